The predicted octanol–water partition coefficient (Wildman–Crippen LogP) is -0.0767. The largest absolute Gasteiger partial charge is 0.334 e. The molecule has 0 radical (unpaired) electrons. The van der Waals surface area contributed by atoms with Gasteiger partial charge in [0.25, 0.3) is 0 Å². The van der Waals surface area contributed by atoms with E-state index in [0.29, 0.717) is 16.0 Å². The van der Waals surface area contributed by atoms with Gasteiger partial charge in [0.1, 0.15) is 0 Å². The molecule has 0 aliphatic rings. The molecule has 1 rings (SSSR count). The Morgan fingerprint density at radius 3 is 2.46 bits per heavy atom. The third kappa shape index (κ3) is 2.22. The fourth-order valence-corrected chi connectivity index (χ4v) is 1.42. The van der Waals surface area contributed by atoms with Crippen LogP contribution in [0.4, 0.5) is 5.13 Å². The van der Waals surface area contributed by atoms with Crippen molar-refractivity contribution in [2.24, 2.45) is 0 Å². The third-order valence-electron chi connectivity index (χ3n) is 1.13. The van der Waals surface area contributed by atoms with Crippen molar-refractivity contribution in [1.82, 2.24) is 9.78 Å². The molecule has 13 heavy (non-hydrogen) atoms. The van der Waals surface area contributed by atoms with Gasteiger partial charge in [-0.1, -0.05) is 0 Å². The molecule has 0 bridgehead atoms. The molecule has 0 atom stereocenters. The molecule has 1 heterocycles. The molecule has 1 amide bonds. The topological polar surface area (TPSA) is 81.1 Å². The van der Waals surface area contributed by atoms with Gasteiger partial charge in [0.15, 0.2) is 0 Å². The zero-order chi connectivity index (χ0) is 10.0. The van der Waals surface area contributed by atoms with Crippen molar-refractivity contribution in [3.8, 4) is 0 Å². The highest BCUT2D eigenvalue weighted by molar-refractivity contribution is 7.13. The normalized spacial score (nSPS) is 9.69. The second-order valence-corrected chi connectivity index (χ2v) is 3.23. The molecule has 70 valence electrons. The Morgan fingerprint density at radius 2 is 2.08 bits per heavy atom. The Morgan fingerprint density at radius 1 is 1.46 bits per heavy atom. The number of hydrogen-bond acceptors (Lipinski definition) is 5. The van der Waals surface area contributed by atoms with Crippen LogP contribution < -0.4 is 10.2 Å². The number of nitrogens with one attached hydrogen (secondary N) is 1. The number of carbonyl (C=O) groups is 2. The van der Waals surface area contributed by atoms with Crippen LogP contribution >= 0.6 is 11.3 Å². The van der Waals surface area contributed by atoms with E-state index in [-0.39, 0.29) is 11.0 Å². The van der Waals surface area contributed by atoms with Gasteiger partial charge < -0.3 is 5.32 Å². The van der Waals surface area contributed by atoms with Gasteiger partial charge in [0.05, 0.1) is 0 Å². The SMILES string of the molecule is CC(=O)Nc1nn(C(C)=O)c(=O)s1. The van der Waals surface area contributed by atoms with Gasteiger partial charge in [-0.25, -0.2) is 0 Å². The summed E-state index contributed by atoms with van der Waals surface area (Å²) < 4.78 is 0.704. The van der Waals surface area contributed by atoms with E-state index in [1.54, 1.807) is 0 Å². The van der Waals surface area contributed by atoms with Gasteiger partial charge in [0, 0.05) is 13.8 Å². The number of anilines is 1. The molecular formula is C6H7N3O3S. The van der Waals surface area contributed by atoms with Crippen LogP contribution in [0, 0.1) is 0 Å². The maximum absolute atomic E-state index is 11.0. The van der Waals surface area contributed by atoms with Gasteiger partial charge in [-0.2, -0.15) is 4.68 Å². The van der Waals surface area contributed by atoms with E-state index in [9.17, 15) is 14.4 Å². The highest BCUT2D eigenvalue weighted by Crippen LogP contribution is 2.04. The lowest BCUT2D eigenvalue weighted by Gasteiger charge is -1.92. The van der Waals surface area contributed by atoms with Crippen molar-refractivity contribution in [1.29, 1.82) is 0 Å². The number of amides is 1. The third-order valence-corrected chi connectivity index (χ3v) is 1.85. The van der Waals surface area contributed by atoms with Crippen LogP contribution in [0.2, 0.25) is 0 Å². The number of hydrogen-bond donors (Lipinski definition) is 1. The maximum Gasteiger partial charge on any atom is 0.334 e. The minimum absolute atomic E-state index is 0.132. The Bertz CT molecular complexity index is 406. The maximum atomic E-state index is 11.0. The van der Waals surface area contributed by atoms with Crippen molar-refractivity contribution in [3.63, 3.8) is 0 Å². The van der Waals surface area contributed by atoms with Crippen LogP contribution in [0.5, 0.6) is 0 Å². The molecule has 0 saturated carbocycles. The molecule has 0 spiro atoms. The fourth-order valence-electron chi connectivity index (χ4n) is 0.678. The van der Waals surface area contributed by atoms with Gasteiger partial charge in [-0.05, 0) is 11.3 Å². The van der Waals surface area contributed by atoms with Crippen molar-refractivity contribution in [2.75, 3.05) is 5.32 Å². The Labute approximate surface area is 77.2 Å². The van der Waals surface area contributed by atoms with E-state index in [2.05, 4.69) is 10.4 Å². The zero-order valence-electron chi connectivity index (χ0n) is 7.03. The quantitative estimate of drug-likeness (QED) is 0.689. The van der Waals surface area contributed by atoms with Crippen LogP contribution in [0.15, 0.2) is 4.79 Å². The molecular weight excluding hydrogens is 194 g/mol. The second kappa shape index (κ2) is 3.48. The van der Waals surface area contributed by atoms with Gasteiger partial charge in [-0.3, -0.25) is 14.4 Å². The van der Waals surface area contributed by atoms with E-state index in [1.807, 2.05) is 0 Å². The molecule has 0 aromatic carbocycles. The number of rotatable bonds is 1. The number of carbonyl (C=O) groups excluding carboxylic acids is 2. The van der Waals surface area contributed by atoms with E-state index in [0.717, 1.165) is 0 Å². The van der Waals surface area contributed by atoms with Crippen molar-refractivity contribution >= 4 is 28.3 Å². The highest BCUT2D eigenvalue weighted by Gasteiger charge is 2.09. The smallest absolute Gasteiger partial charge is 0.301 e. The van der Waals surface area contributed by atoms with Crippen LogP contribution in [0.1, 0.15) is 18.6 Å². The first-order valence-electron chi connectivity index (χ1n) is 3.39. The van der Waals surface area contributed by atoms with Crippen LogP contribution in [0.3, 0.4) is 0 Å². The summed E-state index contributed by atoms with van der Waals surface area (Å²) in [6.45, 7) is 2.52. The molecule has 7 heteroatoms. The molecule has 1 aromatic heterocycles. The molecule has 0 saturated heterocycles. The molecule has 1 aromatic rings. The summed E-state index contributed by atoms with van der Waals surface area (Å²) in [7, 11) is 0. The first-order chi connectivity index (χ1) is 6.00. The van der Waals surface area contributed by atoms with E-state index in [1.165, 1.54) is 13.8 Å². The average molecular weight is 201 g/mol. The molecule has 0 aliphatic carbocycles. The van der Waals surface area contributed by atoms with Crippen molar-refractivity contribution < 1.29 is 9.59 Å². The summed E-state index contributed by atoms with van der Waals surface area (Å²) in [4.78, 5) is 31.8. The Balaban J connectivity index is 3.02. The Kier molecular flexibility index (Phi) is 2.57. The second-order valence-electron chi connectivity index (χ2n) is 2.29. The molecule has 6 nitrogen and oxygen atoms in total. The fraction of sp³-hybridized carbons (Fsp3) is 0.333. The van der Waals surface area contributed by atoms with E-state index < -0.39 is 10.8 Å². The standard InChI is InChI=1S/C6H7N3O3S/c1-3(10)7-5-8-9(4(2)11)6(12)13-5/h1-2H3,(H,7,8,10). The van der Waals surface area contributed by atoms with Gasteiger partial charge >= 0.3 is 4.87 Å². The molecule has 0 unspecified atom stereocenters. The number of aromatic nitrogens is 2. The predicted molar refractivity (Wildman–Crippen MR) is 47.0 cm³/mol. The van der Waals surface area contributed by atoms with Crippen LogP contribution in [-0.2, 0) is 4.79 Å². The summed E-state index contributed by atoms with van der Waals surface area (Å²) in [6, 6.07) is 0. The summed E-state index contributed by atoms with van der Waals surface area (Å²) in [5.74, 6) is -0.803. The monoisotopic (exact) mass is 201 g/mol. The lowest BCUT2D eigenvalue weighted by atomic mass is 10.7. The lowest BCUT2D eigenvalue weighted by Crippen LogP contribution is -2.20. The summed E-state index contributed by atoms with van der Waals surface area (Å²) in [5, 5.41) is 6.04. The average Bonchev–Trinajstić information content (AvgIpc) is 2.29. The minimum Gasteiger partial charge on any atom is -0.301 e. The molecule has 0 aliphatic heterocycles. The molecule has 0 fully saturated rings. The Hall–Kier alpha value is -1.50. The number of nitrogens with zero attached hydrogens (tertiary/aromatic N) is 2. The van der Waals surface area contributed by atoms with Crippen LogP contribution in [-0.4, -0.2) is 21.6 Å². The van der Waals surface area contributed by atoms with E-state index >= 15 is 0 Å². The van der Waals surface area contributed by atoms with E-state index in [4.69, 9.17) is 0 Å². The van der Waals surface area contributed by atoms with Gasteiger partial charge in [-0.15, -0.1) is 5.10 Å². The zero-order valence-corrected chi connectivity index (χ0v) is 7.84. The lowest BCUT2D eigenvalue weighted by molar-refractivity contribution is -0.114. The first kappa shape index (κ1) is 9.59. The highest BCUT2D eigenvalue weighted by atomic mass is 32.1. The van der Waals surface area contributed by atoms with Crippen LogP contribution in [0.25, 0.3) is 0 Å². The first-order valence-corrected chi connectivity index (χ1v) is 4.21. The minimum atomic E-state index is -0.503. The van der Waals surface area contributed by atoms with Crippen molar-refractivity contribution in [3.05, 3.63) is 9.67 Å². The molecule has 1 N–H and O–H groups in total. The summed E-state index contributed by atoms with van der Waals surface area (Å²) >= 11 is 0.715. The van der Waals surface area contributed by atoms with Crippen molar-refractivity contribution in [2.45, 2.75) is 13.8 Å². The summed E-state index contributed by atoms with van der Waals surface area (Å²) in [6.07, 6.45) is 0. The summed E-state index contributed by atoms with van der Waals surface area (Å²) in [5.41, 5.74) is 0. The van der Waals surface area contributed by atoms with Gasteiger partial charge in [0.2, 0.25) is 16.9 Å².